The summed E-state index contributed by atoms with van der Waals surface area (Å²) in [5.41, 5.74) is 7.03. The van der Waals surface area contributed by atoms with E-state index in [1.165, 1.54) is 30.1 Å². The predicted octanol–water partition coefficient (Wildman–Crippen LogP) is 3.75. The van der Waals surface area contributed by atoms with Gasteiger partial charge in [-0.3, -0.25) is 9.59 Å². The third kappa shape index (κ3) is 9.22. The van der Waals surface area contributed by atoms with Crippen molar-refractivity contribution in [2.75, 3.05) is 9.74 Å². The van der Waals surface area contributed by atoms with Crippen molar-refractivity contribution in [3.8, 4) is 0 Å². The first-order valence-electron chi connectivity index (χ1n) is 8.46. The van der Waals surface area contributed by atoms with Crippen LogP contribution in [-0.2, 0) is 16.0 Å². The Kier molecular flexibility index (Phi) is 10.7. The maximum absolute atomic E-state index is 12.0. The summed E-state index contributed by atoms with van der Waals surface area (Å²) in [5.74, 6) is -1.02. The number of aliphatic carboxylic acids is 1. The van der Waals surface area contributed by atoms with Crippen LogP contribution in [0, 0.1) is 0 Å². The fourth-order valence-corrected chi connectivity index (χ4v) is 2.97. The van der Waals surface area contributed by atoms with Gasteiger partial charge >= 0.3 is 5.97 Å². The number of amides is 1. The van der Waals surface area contributed by atoms with Gasteiger partial charge in [-0.25, -0.2) is 0 Å². The summed E-state index contributed by atoms with van der Waals surface area (Å²) in [6.45, 7) is 0. The molecule has 6 heteroatoms. The van der Waals surface area contributed by atoms with Crippen LogP contribution in [0.3, 0.4) is 0 Å². The fourth-order valence-electron chi connectivity index (χ4n) is 2.43. The van der Waals surface area contributed by atoms with E-state index in [2.05, 4.69) is 27.9 Å². The van der Waals surface area contributed by atoms with Gasteiger partial charge < -0.3 is 16.2 Å². The fraction of sp³-hybridized carbons (Fsp3) is 0.556. The van der Waals surface area contributed by atoms with E-state index < -0.39 is 12.0 Å². The molecule has 0 radical (unpaired) electrons. The van der Waals surface area contributed by atoms with Crippen LogP contribution in [0.4, 0.5) is 5.69 Å². The van der Waals surface area contributed by atoms with Gasteiger partial charge in [0.15, 0.2) is 0 Å². The highest BCUT2D eigenvalue weighted by molar-refractivity contribution is 14.1. The van der Waals surface area contributed by atoms with Crippen molar-refractivity contribution in [2.45, 2.75) is 57.4 Å². The molecule has 134 valence electrons. The number of alkyl halides is 1. The number of halogens is 1. The molecule has 4 N–H and O–H groups in total. The molecule has 1 aromatic rings. The first-order chi connectivity index (χ1) is 11.5. The Labute approximate surface area is 157 Å². The molecule has 0 aliphatic rings. The number of rotatable bonds is 12. The monoisotopic (exact) mass is 446 g/mol. The molecule has 0 aromatic heterocycles. The van der Waals surface area contributed by atoms with Crippen molar-refractivity contribution >= 4 is 40.2 Å². The van der Waals surface area contributed by atoms with Crippen LogP contribution in [0.15, 0.2) is 24.3 Å². The quantitative estimate of drug-likeness (QED) is 0.259. The van der Waals surface area contributed by atoms with Crippen LogP contribution >= 0.6 is 22.6 Å². The Bertz CT molecular complexity index is 523. The molecule has 1 rings (SSSR count). The van der Waals surface area contributed by atoms with Crippen molar-refractivity contribution in [1.29, 1.82) is 0 Å². The zero-order valence-corrected chi connectivity index (χ0v) is 16.1. The van der Waals surface area contributed by atoms with Crippen LogP contribution in [0.1, 0.15) is 50.5 Å². The van der Waals surface area contributed by atoms with Gasteiger partial charge in [-0.15, -0.1) is 0 Å². The van der Waals surface area contributed by atoms with E-state index in [1.807, 2.05) is 6.07 Å². The maximum atomic E-state index is 12.0. The Morgan fingerprint density at radius 3 is 2.46 bits per heavy atom. The van der Waals surface area contributed by atoms with Gasteiger partial charge in [-0.2, -0.15) is 0 Å². The highest BCUT2D eigenvalue weighted by Gasteiger charge is 2.12. The van der Waals surface area contributed by atoms with E-state index in [0.717, 1.165) is 18.4 Å². The summed E-state index contributed by atoms with van der Waals surface area (Å²) in [6, 6.07) is 6.27. The van der Waals surface area contributed by atoms with Crippen molar-refractivity contribution in [2.24, 2.45) is 5.73 Å². The van der Waals surface area contributed by atoms with E-state index in [4.69, 9.17) is 10.8 Å². The second kappa shape index (κ2) is 12.2. The summed E-state index contributed by atoms with van der Waals surface area (Å²) >= 11 is 2.40. The predicted molar refractivity (Wildman–Crippen MR) is 106 cm³/mol. The van der Waals surface area contributed by atoms with Crippen LogP contribution in [0.2, 0.25) is 0 Å². The molecule has 1 unspecified atom stereocenters. The highest BCUT2D eigenvalue weighted by atomic mass is 127. The normalized spacial score (nSPS) is 11.9. The molecule has 0 saturated carbocycles. The van der Waals surface area contributed by atoms with Gasteiger partial charge in [0.1, 0.15) is 6.04 Å². The summed E-state index contributed by atoms with van der Waals surface area (Å²) in [7, 11) is 0. The molecule has 5 nitrogen and oxygen atoms in total. The van der Waals surface area contributed by atoms with E-state index >= 15 is 0 Å². The van der Waals surface area contributed by atoms with E-state index in [-0.39, 0.29) is 12.3 Å². The number of nitrogens with two attached hydrogens (primary N) is 1. The Balaban J connectivity index is 2.30. The average Bonchev–Trinajstić information content (AvgIpc) is 2.54. The van der Waals surface area contributed by atoms with Gasteiger partial charge in [-0.05, 0) is 41.4 Å². The van der Waals surface area contributed by atoms with E-state index in [0.29, 0.717) is 12.1 Å². The minimum absolute atomic E-state index is 0.00180. The summed E-state index contributed by atoms with van der Waals surface area (Å²) in [6.07, 6.45) is 7.75. The second-order valence-corrected chi connectivity index (χ2v) is 7.04. The molecule has 1 atom stereocenters. The van der Waals surface area contributed by atoms with E-state index in [9.17, 15) is 9.59 Å². The molecule has 0 bridgehead atoms. The Hall–Kier alpha value is -1.15. The van der Waals surface area contributed by atoms with E-state index in [1.54, 1.807) is 18.2 Å². The lowest BCUT2D eigenvalue weighted by molar-refractivity contribution is -0.138. The van der Waals surface area contributed by atoms with Crippen molar-refractivity contribution < 1.29 is 14.7 Å². The van der Waals surface area contributed by atoms with Crippen molar-refractivity contribution in [3.05, 3.63) is 29.8 Å². The lowest BCUT2D eigenvalue weighted by Crippen LogP contribution is -2.32. The third-order valence-corrected chi connectivity index (χ3v) is 4.53. The van der Waals surface area contributed by atoms with Crippen LogP contribution in [0.5, 0.6) is 0 Å². The van der Waals surface area contributed by atoms with Gasteiger partial charge in [0.2, 0.25) is 5.91 Å². The first kappa shape index (κ1) is 20.9. The molecule has 1 aromatic carbocycles. The largest absolute Gasteiger partial charge is 0.480 e. The molecule has 0 spiro atoms. The Morgan fingerprint density at radius 1 is 1.12 bits per heavy atom. The molecule has 0 saturated heterocycles. The van der Waals surface area contributed by atoms with Gasteiger partial charge in [0.25, 0.3) is 0 Å². The zero-order chi connectivity index (χ0) is 17.8. The third-order valence-electron chi connectivity index (χ3n) is 3.77. The molecule has 0 aliphatic carbocycles. The smallest absolute Gasteiger partial charge is 0.320 e. The first-order valence-corrected chi connectivity index (χ1v) is 9.98. The number of unbranched alkanes of at least 4 members (excludes halogenated alkanes) is 5. The number of hydrogen-bond acceptors (Lipinski definition) is 3. The molecule has 0 fully saturated rings. The number of hydrogen-bond donors (Lipinski definition) is 3. The van der Waals surface area contributed by atoms with Crippen LogP contribution < -0.4 is 11.1 Å². The lowest BCUT2D eigenvalue weighted by atomic mass is 10.1. The van der Waals surface area contributed by atoms with Gasteiger partial charge in [-0.1, -0.05) is 60.4 Å². The highest BCUT2D eigenvalue weighted by Crippen LogP contribution is 2.14. The summed E-state index contributed by atoms with van der Waals surface area (Å²) in [4.78, 5) is 22.8. The van der Waals surface area contributed by atoms with Crippen molar-refractivity contribution in [3.63, 3.8) is 0 Å². The summed E-state index contributed by atoms with van der Waals surface area (Å²) < 4.78 is 1.22. The minimum Gasteiger partial charge on any atom is -0.480 e. The van der Waals surface area contributed by atoms with Crippen LogP contribution in [0.25, 0.3) is 0 Å². The van der Waals surface area contributed by atoms with Crippen LogP contribution in [-0.4, -0.2) is 27.5 Å². The lowest BCUT2D eigenvalue weighted by Gasteiger charge is -2.09. The molecule has 0 heterocycles. The standard InChI is InChI=1S/C18H27IN2O3/c19-11-6-4-2-1-3-5-10-17(22)21-15-9-7-8-14(12-15)13-16(20)18(23)24/h7-9,12,16H,1-6,10-11,13,20H2,(H,21,22)(H,23,24). The average molecular weight is 446 g/mol. The molecule has 1 amide bonds. The van der Waals surface area contributed by atoms with Crippen molar-refractivity contribution in [1.82, 2.24) is 0 Å². The summed E-state index contributed by atoms with van der Waals surface area (Å²) in [5, 5.41) is 11.7. The Morgan fingerprint density at radius 2 is 1.79 bits per heavy atom. The number of anilines is 1. The zero-order valence-electron chi connectivity index (χ0n) is 14.0. The number of carbonyl (C=O) groups is 2. The number of carboxylic acid groups (broad SMARTS) is 1. The minimum atomic E-state index is -1.03. The van der Waals surface area contributed by atoms with Gasteiger partial charge in [0, 0.05) is 12.1 Å². The number of benzene rings is 1. The number of carboxylic acids is 1. The topological polar surface area (TPSA) is 92.4 Å². The number of carbonyl (C=O) groups excluding carboxylic acids is 1. The molecular weight excluding hydrogens is 419 g/mol. The SMILES string of the molecule is NC(Cc1cccc(NC(=O)CCCCCCCCI)c1)C(=O)O. The maximum Gasteiger partial charge on any atom is 0.320 e. The number of nitrogens with one attached hydrogen (secondary N) is 1. The molecule has 0 aliphatic heterocycles. The second-order valence-electron chi connectivity index (χ2n) is 5.96. The molecular formula is C18H27IN2O3. The molecule has 24 heavy (non-hydrogen) atoms. The van der Waals surface area contributed by atoms with Gasteiger partial charge in [0.05, 0.1) is 0 Å².